The molecule has 0 amide bonds. The summed E-state index contributed by atoms with van der Waals surface area (Å²) in [4.78, 5) is 9.12. The zero-order valence-electron chi connectivity index (χ0n) is 12.6. The first-order chi connectivity index (χ1) is 10.2. The van der Waals surface area contributed by atoms with Crippen molar-refractivity contribution in [1.29, 1.82) is 0 Å². The second-order valence-electron chi connectivity index (χ2n) is 5.08. The minimum absolute atomic E-state index is 0.748. The van der Waals surface area contributed by atoms with Gasteiger partial charge in [-0.2, -0.15) is 5.10 Å². The molecule has 0 aliphatic carbocycles. The van der Waals surface area contributed by atoms with Gasteiger partial charge in [-0.25, -0.2) is 14.6 Å². The van der Waals surface area contributed by atoms with Crippen molar-refractivity contribution in [2.75, 3.05) is 11.9 Å². The van der Waals surface area contributed by atoms with Gasteiger partial charge in [-0.1, -0.05) is 25.1 Å². The maximum absolute atomic E-state index is 4.64. The Morgan fingerprint density at radius 2 is 1.86 bits per heavy atom. The quantitative estimate of drug-likeness (QED) is 0.797. The fourth-order valence-electron chi connectivity index (χ4n) is 2.41. The van der Waals surface area contributed by atoms with E-state index in [-0.39, 0.29) is 0 Å². The Morgan fingerprint density at radius 3 is 2.57 bits per heavy atom. The predicted octanol–water partition coefficient (Wildman–Crippen LogP) is 3.25. The van der Waals surface area contributed by atoms with E-state index in [9.17, 15) is 0 Å². The van der Waals surface area contributed by atoms with Crippen molar-refractivity contribution in [2.24, 2.45) is 0 Å². The van der Waals surface area contributed by atoms with Gasteiger partial charge in [0.15, 0.2) is 5.65 Å². The number of benzene rings is 1. The van der Waals surface area contributed by atoms with E-state index in [0.717, 1.165) is 47.0 Å². The molecule has 2 heterocycles. The monoisotopic (exact) mass is 281 g/mol. The van der Waals surface area contributed by atoms with Gasteiger partial charge in [-0.3, -0.25) is 0 Å². The Balaban J connectivity index is 2.23. The van der Waals surface area contributed by atoms with Crippen LogP contribution in [-0.2, 0) is 0 Å². The first-order valence-electron chi connectivity index (χ1n) is 7.24. The third-order valence-electron chi connectivity index (χ3n) is 3.36. The van der Waals surface area contributed by atoms with Crippen LogP contribution in [-0.4, -0.2) is 26.3 Å². The molecule has 5 nitrogen and oxygen atoms in total. The molecule has 0 atom stereocenters. The van der Waals surface area contributed by atoms with Gasteiger partial charge in [-0.05, 0) is 32.4 Å². The average molecular weight is 281 g/mol. The molecular weight excluding hydrogens is 262 g/mol. The summed E-state index contributed by atoms with van der Waals surface area (Å²) in [7, 11) is 0. The molecule has 1 N–H and O–H groups in total. The van der Waals surface area contributed by atoms with Crippen molar-refractivity contribution in [3.05, 3.63) is 41.9 Å². The number of aromatic nitrogens is 4. The molecule has 0 saturated heterocycles. The predicted molar refractivity (Wildman–Crippen MR) is 84.9 cm³/mol. The first kappa shape index (κ1) is 13.5. The van der Waals surface area contributed by atoms with Crippen LogP contribution >= 0.6 is 0 Å². The van der Waals surface area contributed by atoms with Crippen LogP contribution in [0.15, 0.2) is 30.3 Å². The van der Waals surface area contributed by atoms with Gasteiger partial charge < -0.3 is 5.32 Å². The number of anilines is 1. The zero-order valence-corrected chi connectivity index (χ0v) is 12.6. The number of hydrogen-bond acceptors (Lipinski definition) is 4. The zero-order chi connectivity index (χ0) is 14.8. The molecule has 0 aliphatic heterocycles. The maximum atomic E-state index is 4.64. The Kier molecular flexibility index (Phi) is 3.56. The van der Waals surface area contributed by atoms with Crippen LogP contribution in [0.2, 0.25) is 0 Å². The number of para-hydroxylation sites is 1. The molecule has 5 heteroatoms. The molecule has 0 fully saturated rings. The Morgan fingerprint density at radius 1 is 1.10 bits per heavy atom. The summed E-state index contributed by atoms with van der Waals surface area (Å²) in [6.45, 7) is 6.94. The fraction of sp³-hybridized carbons (Fsp3) is 0.312. The lowest BCUT2D eigenvalue weighted by Crippen LogP contribution is -2.05. The summed E-state index contributed by atoms with van der Waals surface area (Å²) in [6, 6.07) is 10.1. The highest BCUT2D eigenvalue weighted by molar-refractivity contribution is 5.90. The molecule has 3 aromatic rings. The topological polar surface area (TPSA) is 55.6 Å². The van der Waals surface area contributed by atoms with Crippen molar-refractivity contribution >= 4 is 16.9 Å². The van der Waals surface area contributed by atoms with Crippen LogP contribution in [0.3, 0.4) is 0 Å². The molecule has 3 rings (SSSR count). The molecule has 0 spiro atoms. The Hall–Kier alpha value is -2.43. The van der Waals surface area contributed by atoms with E-state index in [0.29, 0.717) is 0 Å². The van der Waals surface area contributed by atoms with Gasteiger partial charge in [-0.15, -0.1) is 0 Å². The Labute approximate surface area is 124 Å². The van der Waals surface area contributed by atoms with Crippen LogP contribution in [0, 0.1) is 13.8 Å². The lowest BCUT2D eigenvalue weighted by atomic mass is 10.3. The van der Waals surface area contributed by atoms with Crippen molar-refractivity contribution in [3.8, 4) is 5.69 Å². The van der Waals surface area contributed by atoms with Crippen molar-refractivity contribution in [2.45, 2.75) is 27.2 Å². The van der Waals surface area contributed by atoms with E-state index in [4.69, 9.17) is 0 Å². The van der Waals surface area contributed by atoms with Crippen LogP contribution in [0.25, 0.3) is 16.7 Å². The third kappa shape index (κ3) is 2.46. The maximum Gasteiger partial charge on any atom is 0.168 e. The largest absolute Gasteiger partial charge is 0.369 e. The minimum atomic E-state index is 0.748. The molecule has 108 valence electrons. The lowest BCUT2D eigenvalue weighted by molar-refractivity contribution is 0.872. The highest BCUT2D eigenvalue weighted by Gasteiger charge is 2.15. The van der Waals surface area contributed by atoms with E-state index in [1.165, 1.54) is 0 Å². The standard InChI is InChI=1S/C16H19N5/c1-4-10-17-15-14-11(2)20-21(13-8-6-5-7-9-13)16(14)19-12(3)18-15/h5-9H,4,10H2,1-3H3,(H,17,18,19). The third-order valence-corrected chi connectivity index (χ3v) is 3.36. The number of nitrogens with zero attached hydrogens (tertiary/aromatic N) is 4. The van der Waals surface area contributed by atoms with Gasteiger partial charge in [0.25, 0.3) is 0 Å². The van der Waals surface area contributed by atoms with E-state index in [2.05, 4.69) is 27.3 Å². The van der Waals surface area contributed by atoms with Gasteiger partial charge in [0.05, 0.1) is 16.8 Å². The van der Waals surface area contributed by atoms with Crippen LogP contribution in [0.1, 0.15) is 24.9 Å². The molecule has 0 bridgehead atoms. The van der Waals surface area contributed by atoms with Crippen LogP contribution in [0.5, 0.6) is 0 Å². The number of nitrogens with one attached hydrogen (secondary N) is 1. The normalized spacial score (nSPS) is 11.0. The molecule has 0 radical (unpaired) electrons. The summed E-state index contributed by atoms with van der Waals surface area (Å²) in [6.07, 6.45) is 1.05. The fourth-order valence-corrected chi connectivity index (χ4v) is 2.41. The van der Waals surface area contributed by atoms with Gasteiger partial charge in [0.2, 0.25) is 0 Å². The smallest absolute Gasteiger partial charge is 0.168 e. The van der Waals surface area contributed by atoms with Crippen molar-refractivity contribution in [3.63, 3.8) is 0 Å². The minimum Gasteiger partial charge on any atom is -0.369 e. The number of fused-ring (bicyclic) bond motifs is 1. The van der Waals surface area contributed by atoms with Gasteiger partial charge >= 0.3 is 0 Å². The van der Waals surface area contributed by atoms with E-state index in [1.807, 2.05) is 48.9 Å². The molecule has 0 saturated carbocycles. The van der Waals surface area contributed by atoms with Gasteiger partial charge in [0.1, 0.15) is 11.6 Å². The van der Waals surface area contributed by atoms with Crippen LogP contribution in [0.4, 0.5) is 5.82 Å². The van der Waals surface area contributed by atoms with Gasteiger partial charge in [0, 0.05) is 6.54 Å². The molecule has 0 unspecified atom stereocenters. The molecule has 1 aromatic carbocycles. The van der Waals surface area contributed by atoms with E-state index >= 15 is 0 Å². The van der Waals surface area contributed by atoms with Crippen molar-refractivity contribution in [1.82, 2.24) is 19.7 Å². The van der Waals surface area contributed by atoms with E-state index < -0.39 is 0 Å². The summed E-state index contributed by atoms with van der Waals surface area (Å²) in [5.41, 5.74) is 2.80. The summed E-state index contributed by atoms with van der Waals surface area (Å²) in [5.74, 6) is 1.62. The molecule has 0 aliphatic rings. The highest BCUT2D eigenvalue weighted by Crippen LogP contribution is 2.26. The van der Waals surface area contributed by atoms with Crippen molar-refractivity contribution < 1.29 is 0 Å². The van der Waals surface area contributed by atoms with Crippen LogP contribution < -0.4 is 5.32 Å². The Bertz CT molecular complexity index is 761. The second kappa shape index (κ2) is 5.52. The van der Waals surface area contributed by atoms with E-state index in [1.54, 1.807) is 0 Å². The summed E-state index contributed by atoms with van der Waals surface area (Å²) < 4.78 is 1.89. The number of rotatable bonds is 4. The SMILES string of the molecule is CCCNc1nc(C)nc2c1c(C)nn2-c1ccccc1. The summed E-state index contributed by atoms with van der Waals surface area (Å²) in [5, 5.41) is 9.02. The molecule has 2 aromatic heterocycles. The first-order valence-corrected chi connectivity index (χ1v) is 7.24. The molecular formula is C16H19N5. The number of hydrogen-bond donors (Lipinski definition) is 1. The molecule has 21 heavy (non-hydrogen) atoms. The highest BCUT2D eigenvalue weighted by atomic mass is 15.3. The number of aryl methyl sites for hydroxylation is 2. The summed E-state index contributed by atoms with van der Waals surface area (Å²) >= 11 is 0. The average Bonchev–Trinajstić information content (AvgIpc) is 2.82. The second-order valence-corrected chi connectivity index (χ2v) is 5.08. The lowest BCUT2D eigenvalue weighted by Gasteiger charge is -2.07.